The summed E-state index contributed by atoms with van der Waals surface area (Å²) in [6, 6.07) is 28.8. The third kappa shape index (κ3) is 2.31. The van der Waals surface area contributed by atoms with Crippen LogP contribution in [0.2, 0.25) is 0 Å². The van der Waals surface area contributed by atoms with Gasteiger partial charge < -0.3 is 9.80 Å². The molecular formula is C24H25N3. The second-order valence-corrected chi connectivity index (χ2v) is 7.62. The first kappa shape index (κ1) is 16.4. The molecular weight excluding hydrogens is 330 g/mol. The van der Waals surface area contributed by atoms with Crippen molar-refractivity contribution in [3.63, 3.8) is 0 Å². The highest BCUT2D eigenvalue weighted by molar-refractivity contribution is 5.68. The van der Waals surface area contributed by atoms with Crippen LogP contribution in [0.25, 0.3) is 0 Å². The lowest BCUT2D eigenvalue weighted by Gasteiger charge is -2.57. The lowest BCUT2D eigenvalue weighted by molar-refractivity contribution is 0.0637. The van der Waals surface area contributed by atoms with Gasteiger partial charge in [0.05, 0.1) is 0 Å². The summed E-state index contributed by atoms with van der Waals surface area (Å²) in [4.78, 5) is 7.54. The maximum Gasteiger partial charge on any atom is 0.112 e. The van der Waals surface area contributed by atoms with Gasteiger partial charge in [0.25, 0.3) is 0 Å². The lowest BCUT2D eigenvalue weighted by atomic mass is 9.90. The number of hydrogen-bond donors (Lipinski definition) is 0. The smallest absolute Gasteiger partial charge is 0.112 e. The van der Waals surface area contributed by atoms with Crippen LogP contribution in [-0.4, -0.2) is 19.0 Å². The first-order valence-corrected chi connectivity index (χ1v) is 9.64. The van der Waals surface area contributed by atoms with Gasteiger partial charge in [0.15, 0.2) is 0 Å². The van der Waals surface area contributed by atoms with E-state index in [1.54, 1.807) is 0 Å². The number of hydrogen-bond acceptors (Lipinski definition) is 3. The van der Waals surface area contributed by atoms with Gasteiger partial charge in [-0.05, 0) is 24.6 Å². The van der Waals surface area contributed by atoms with Crippen molar-refractivity contribution in [1.29, 1.82) is 0 Å². The lowest BCUT2D eigenvalue weighted by Crippen LogP contribution is -2.55. The van der Waals surface area contributed by atoms with Crippen molar-refractivity contribution in [2.24, 2.45) is 0 Å². The largest absolute Gasteiger partial charge is 0.354 e. The van der Waals surface area contributed by atoms with Crippen LogP contribution in [0, 0.1) is 0 Å². The van der Waals surface area contributed by atoms with Gasteiger partial charge >= 0.3 is 0 Å². The predicted octanol–water partition coefficient (Wildman–Crippen LogP) is 5.35. The Kier molecular flexibility index (Phi) is 3.73. The Morgan fingerprint density at radius 1 is 0.630 bits per heavy atom. The van der Waals surface area contributed by atoms with E-state index >= 15 is 0 Å². The number of benzene rings is 3. The minimum absolute atomic E-state index is 0.215. The van der Waals surface area contributed by atoms with E-state index in [1.165, 1.54) is 28.1 Å². The molecule has 2 aliphatic heterocycles. The van der Waals surface area contributed by atoms with Crippen LogP contribution in [-0.2, 0) is 0 Å². The summed E-state index contributed by atoms with van der Waals surface area (Å²) in [5, 5.41) is 0. The molecule has 0 saturated heterocycles. The summed E-state index contributed by atoms with van der Waals surface area (Å²) < 4.78 is 0. The summed E-state index contributed by atoms with van der Waals surface area (Å²) in [6.45, 7) is 2.33. The van der Waals surface area contributed by atoms with Crippen LogP contribution >= 0.6 is 0 Å². The Hall–Kier alpha value is -2.78. The molecule has 2 bridgehead atoms. The molecule has 3 nitrogen and oxygen atoms in total. The molecule has 0 radical (unpaired) electrons. The fourth-order valence-corrected chi connectivity index (χ4v) is 4.92. The van der Waals surface area contributed by atoms with E-state index in [0.29, 0.717) is 6.04 Å². The van der Waals surface area contributed by atoms with Crippen LogP contribution < -0.4 is 9.80 Å². The zero-order chi connectivity index (χ0) is 18.5. The normalized spacial score (nSPS) is 22.2. The second kappa shape index (κ2) is 6.14. The third-order valence-electron chi connectivity index (χ3n) is 6.22. The monoisotopic (exact) mass is 355 g/mol. The minimum Gasteiger partial charge on any atom is -0.354 e. The zero-order valence-electron chi connectivity index (χ0n) is 16.1. The first-order valence-electron chi connectivity index (χ1n) is 9.64. The van der Waals surface area contributed by atoms with Crippen LogP contribution in [0.15, 0.2) is 78.9 Å². The van der Waals surface area contributed by atoms with E-state index in [0.717, 1.165) is 0 Å². The van der Waals surface area contributed by atoms with Crippen molar-refractivity contribution < 1.29 is 0 Å². The Balaban J connectivity index is 1.74. The molecule has 0 aliphatic carbocycles. The average molecular weight is 355 g/mol. The molecule has 3 aromatic rings. The standard InChI is InChI=1S/C24H25N3/c1-17(18-11-5-4-6-12-18)27-23-20-14-8-10-16-22(20)26(3)24(27)19-13-7-9-15-21(19)25(23)2/h4-17,23-24H,1-3H3/t17-,23-,24-/m0/s1. The topological polar surface area (TPSA) is 9.72 Å². The maximum absolute atomic E-state index is 2.65. The van der Waals surface area contributed by atoms with E-state index in [1.807, 2.05) is 0 Å². The summed E-state index contributed by atoms with van der Waals surface area (Å²) >= 11 is 0. The van der Waals surface area contributed by atoms with Gasteiger partial charge in [0, 0.05) is 42.6 Å². The quantitative estimate of drug-likeness (QED) is 0.614. The fraction of sp³-hybridized carbons (Fsp3) is 0.250. The van der Waals surface area contributed by atoms with Gasteiger partial charge in [0.1, 0.15) is 12.3 Å². The molecule has 136 valence electrons. The van der Waals surface area contributed by atoms with E-state index < -0.39 is 0 Å². The minimum atomic E-state index is 0.215. The van der Waals surface area contributed by atoms with E-state index in [4.69, 9.17) is 0 Å². The number of nitrogens with zero attached hydrogens (tertiary/aromatic N) is 3. The van der Waals surface area contributed by atoms with Crippen molar-refractivity contribution in [1.82, 2.24) is 4.90 Å². The van der Waals surface area contributed by atoms with Crippen LogP contribution in [0.4, 0.5) is 11.4 Å². The van der Waals surface area contributed by atoms with Crippen molar-refractivity contribution >= 4 is 11.4 Å². The highest BCUT2D eigenvalue weighted by Crippen LogP contribution is 2.54. The molecule has 0 amide bonds. The van der Waals surface area contributed by atoms with E-state index in [2.05, 4.69) is 115 Å². The van der Waals surface area contributed by atoms with Crippen molar-refractivity contribution in [2.75, 3.05) is 23.9 Å². The third-order valence-corrected chi connectivity index (χ3v) is 6.22. The summed E-state index contributed by atoms with van der Waals surface area (Å²) in [7, 11) is 4.46. The number of anilines is 2. The van der Waals surface area contributed by atoms with Gasteiger partial charge in [-0.15, -0.1) is 0 Å². The fourth-order valence-electron chi connectivity index (χ4n) is 4.92. The molecule has 0 spiro atoms. The zero-order valence-corrected chi connectivity index (χ0v) is 16.1. The number of fused-ring (bicyclic) bond motifs is 6. The molecule has 3 aromatic carbocycles. The Bertz CT molecular complexity index is 911. The predicted molar refractivity (Wildman–Crippen MR) is 112 cm³/mol. The second-order valence-electron chi connectivity index (χ2n) is 7.62. The van der Waals surface area contributed by atoms with Crippen LogP contribution in [0.5, 0.6) is 0 Å². The van der Waals surface area contributed by atoms with Crippen LogP contribution in [0.3, 0.4) is 0 Å². The molecule has 0 fully saturated rings. The SMILES string of the molecule is C[C@@H](c1ccccc1)N1[C@H]2c3ccccc3N(C)[C@@H]1c1ccccc1N2C. The highest BCUT2D eigenvalue weighted by atomic mass is 15.5. The Morgan fingerprint density at radius 3 is 1.59 bits per heavy atom. The van der Waals surface area contributed by atoms with Gasteiger partial charge in [-0.3, -0.25) is 0 Å². The molecule has 0 aromatic heterocycles. The van der Waals surface area contributed by atoms with Crippen LogP contribution in [0.1, 0.15) is 42.0 Å². The average Bonchev–Trinajstić information content (AvgIpc) is 2.73. The Morgan fingerprint density at radius 2 is 1.07 bits per heavy atom. The molecule has 0 saturated carbocycles. The molecule has 2 heterocycles. The molecule has 0 N–H and O–H groups in total. The van der Waals surface area contributed by atoms with Gasteiger partial charge in [0.2, 0.25) is 0 Å². The van der Waals surface area contributed by atoms with Crippen molar-refractivity contribution in [3.8, 4) is 0 Å². The summed E-state index contributed by atoms with van der Waals surface area (Å²) in [6.07, 6.45) is 0.431. The number of rotatable bonds is 2. The molecule has 3 heteroatoms. The van der Waals surface area contributed by atoms with Gasteiger partial charge in [-0.2, -0.15) is 0 Å². The molecule has 27 heavy (non-hydrogen) atoms. The summed E-state index contributed by atoms with van der Waals surface area (Å²) in [5.74, 6) is 0. The van der Waals surface area contributed by atoms with E-state index in [-0.39, 0.29) is 12.3 Å². The summed E-state index contributed by atoms with van der Waals surface area (Å²) in [5.41, 5.74) is 6.75. The molecule has 2 aliphatic rings. The van der Waals surface area contributed by atoms with Crippen molar-refractivity contribution in [3.05, 3.63) is 95.6 Å². The van der Waals surface area contributed by atoms with Crippen molar-refractivity contribution in [2.45, 2.75) is 25.3 Å². The first-order chi connectivity index (χ1) is 13.2. The number of para-hydroxylation sites is 2. The Labute approximate surface area is 161 Å². The maximum atomic E-state index is 2.65. The van der Waals surface area contributed by atoms with E-state index in [9.17, 15) is 0 Å². The molecule has 0 unspecified atom stereocenters. The van der Waals surface area contributed by atoms with Gasteiger partial charge in [-0.25, -0.2) is 4.90 Å². The highest BCUT2D eigenvalue weighted by Gasteiger charge is 2.47. The van der Waals surface area contributed by atoms with Gasteiger partial charge in [-0.1, -0.05) is 66.7 Å². The molecule has 3 atom stereocenters. The molecule has 5 rings (SSSR count).